The molecular formula is C22H23FN4O3S. The average molecular weight is 443 g/mol. The van der Waals surface area contributed by atoms with Crippen molar-refractivity contribution in [2.24, 2.45) is 0 Å². The first-order chi connectivity index (χ1) is 14.9. The Bertz CT molecular complexity index is 1190. The van der Waals surface area contributed by atoms with Gasteiger partial charge in [0.15, 0.2) is 9.84 Å². The Labute approximate surface area is 180 Å². The van der Waals surface area contributed by atoms with E-state index >= 15 is 0 Å². The molecule has 31 heavy (non-hydrogen) atoms. The molecule has 4 rings (SSSR count). The van der Waals surface area contributed by atoms with Crippen LogP contribution in [-0.2, 0) is 14.6 Å². The summed E-state index contributed by atoms with van der Waals surface area (Å²) in [6, 6.07) is 6.13. The van der Waals surface area contributed by atoms with Crippen LogP contribution in [0.15, 0.2) is 53.8 Å². The molecular weight excluding hydrogens is 419 g/mol. The predicted molar refractivity (Wildman–Crippen MR) is 113 cm³/mol. The maximum Gasteiger partial charge on any atom is 0.238 e. The number of carbonyl (C=O) groups is 1. The number of pyridine rings is 1. The van der Waals surface area contributed by atoms with Crippen molar-refractivity contribution in [2.75, 3.05) is 12.3 Å². The molecule has 0 radical (unpaired) electrons. The highest BCUT2D eigenvalue weighted by Gasteiger charge is 2.33. The molecule has 1 saturated heterocycles. The fourth-order valence-corrected chi connectivity index (χ4v) is 5.25. The molecule has 3 aromatic rings. The number of amides is 1. The van der Waals surface area contributed by atoms with Gasteiger partial charge in [-0.3, -0.25) is 14.9 Å². The van der Waals surface area contributed by atoms with E-state index in [1.807, 2.05) is 13.0 Å². The highest BCUT2D eigenvalue weighted by molar-refractivity contribution is 7.92. The second kappa shape index (κ2) is 8.58. The van der Waals surface area contributed by atoms with Gasteiger partial charge in [0.1, 0.15) is 11.6 Å². The summed E-state index contributed by atoms with van der Waals surface area (Å²) < 4.78 is 38.6. The number of likely N-dealkylation sites (tertiary alicyclic amines) is 1. The number of nitrogens with one attached hydrogen (secondary N) is 1. The van der Waals surface area contributed by atoms with Crippen LogP contribution >= 0.6 is 0 Å². The molecule has 1 amide bonds. The maximum absolute atomic E-state index is 13.2. The van der Waals surface area contributed by atoms with Gasteiger partial charge < -0.3 is 4.90 Å². The van der Waals surface area contributed by atoms with E-state index in [9.17, 15) is 17.6 Å². The Morgan fingerprint density at radius 1 is 1.16 bits per heavy atom. The zero-order chi connectivity index (χ0) is 22.0. The number of hydrogen-bond acceptors (Lipinski definition) is 5. The number of aryl methyl sites for hydroxylation is 1. The van der Waals surface area contributed by atoms with Gasteiger partial charge in [-0.15, -0.1) is 0 Å². The molecule has 0 unspecified atom stereocenters. The molecule has 1 aliphatic heterocycles. The Morgan fingerprint density at radius 3 is 2.68 bits per heavy atom. The fourth-order valence-electron chi connectivity index (χ4n) is 4.04. The molecule has 1 aliphatic rings. The Kier molecular flexibility index (Phi) is 5.86. The number of rotatable bonds is 5. The van der Waals surface area contributed by atoms with Gasteiger partial charge in [-0.25, -0.2) is 12.8 Å². The first kappa shape index (κ1) is 21.2. The number of piperidine rings is 1. The molecule has 9 heteroatoms. The van der Waals surface area contributed by atoms with Gasteiger partial charge in [0.05, 0.1) is 22.8 Å². The number of benzene rings is 1. The fraction of sp³-hybridized carbons (Fsp3) is 0.318. The Balaban J connectivity index is 1.62. The smallest absolute Gasteiger partial charge is 0.238 e. The van der Waals surface area contributed by atoms with E-state index in [0.29, 0.717) is 13.0 Å². The standard InChI is InChI=1S/C22H23FN4O3S/c1-15-12-24-10-9-18(15)19-13-25-26-22(19)20-4-2-3-11-27(20)21(28)14-31(29,30)17-7-5-16(23)6-8-17/h5-10,12-13,20H,2-4,11,14H2,1H3,(H,25,26)/t20-/m1/s1. The minimum absolute atomic E-state index is 0.0644. The van der Waals surface area contributed by atoms with Crippen molar-refractivity contribution >= 4 is 15.7 Å². The lowest BCUT2D eigenvalue weighted by atomic mass is 9.93. The quantitative estimate of drug-likeness (QED) is 0.611. The molecule has 0 aliphatic carbocycles. The summed E-state index contributed by atoms with van der Waals surface area (Å²) in [5.41, 5.74) is 3.63. The number of H-pyrrole nitrogens is 1. The zero-order valence-electron chi connectivity index (χ0n) is 17.1. The van der Waals surface area contributed by atoms with E-state index in [2.05, 4.69) is 15.2 Å². The Hall–Kier alpha value is -3.07. The van der Waals surface area contributed by atoms with E-state index in [1.165, 1.54) is 12.1 Å². The monoisotopic (exact) mass is 442 g/mol. The summed E-state index contributed by atoms with van der Waals surface area (Å²) in [5.74, 6) is -1.66. The van der Waals surface area contributed by atoms with Crippen LogP contribution < -0.4 is 0 Å². The lowest BCUT2D eigenvalue weighted by Crippen LogP contribution is -2.41. The van der Waals surface area contributed by atoms with Gasteiger partial charge in [-0.2, -0.15) is 5.10 Å². The van der Waals surface area contributed by atoms with Crippen molar-refractivity contribution in [1.82, 2.24) is 20.1 Å². The third kappa shape index (κ3) is 4.36. The highest BCUT2D eigenvalue weighted by Crippen LogP contribution is 2.36. The van der Waals surface area contributed by atoms with Crippen LogP contribution in [0.2, 0.25) is 0 Å². The number of aromatic amines is 1. The minimum atomic E-state index is -3.88. The van der Waals surface area contributed by atoms with Crippen LogP contribution in [0.4, 0.5) is 4.39 Å². The third-order valence-electron chi connectivity index (χ3n) is 5.62. The van der Waals surface area contributed by atoms with Gasteiger partial charge in [-0.05, 0) is 67.6 Å². The topological polar surface area (TPSA) is 96.0 Å². The van der Waals surface area contributed by atoms with Crippen molar-refractivity contribution in [1.29, 1.82) is 0 Å². The second-order valence-electron chi connectivity index (χ2n) is 7.70. The molecule has 3 heterocycles. The molecule has 0 bridgehead atoms. The zero-order valence-corrected chi connectivity index (χ0v) is 17.9. The average Bonchev–Trinajstić information content (AvgIpc) is 3.23. The molecule has 0 saturated carbocycles. The summed E-state index contributed by atoms with van der Waals surface area (Å²) in [6.45, 7) is 2.42. The van der Waals surface area contributed by atoms with Crippen molar-refractivity contribution in [3.8, 4) is 11.1 Å². The molecule has 1 fully saturated rings. The molecule has 1 aromatic carbocycles. The van der Waals surface area contributed by atoms with Crippen LogP contribution in [0.25, 0.3) is 11.1 Å². The molecule has 1 N–H and O–H groups in total. The van der Waals surface area contributed by atoms with Gasteiger partial charge in [0, 0.05) is 24.5 Å². The number of aromatic nitrogens is 3. The van der Waals surface area contributed by atoms with Crippen molar-refractivity contribution in [3.05, 3.63) is 66.0 Å². The summed E-state index contributed by atoms with van der Waals surface area (Å²) in [5, 5.41) is 7.23. The van der Waals surface area contributed by atoms with Crippen LogP contribution in [0.5, 0.6) is 0 Å². The number of sulfone groups is 1. The second-order valence-corrected chi connectivity index (χ2v) is 9.69. The van der Waals surface area contributed by atoms with Gasteiger partial charge in [0.25, 0.3) is 0 Å². The highest BCUT2D eigenvalue weighted by atomic mass is 32.2. The normalized spacial score (nSPS) is 17.0. The third-order valence-corrected chi connectivity index (χ3v) is 7.24. The van der Waals surface area contributed by atoms with Gasteiger partial charge in [-0.1, -0.05) is 0 Å². The summed E-state index contributed by atoms with van der Waals surface area (Å²) in [6.07, 6.45) is 7.64. The molecule has 162 valence electrons. The lowest BCUT2D eigenvalue weighted by molar-refractivity contribution is -0.132. The SMILES string of the molecule is Cc1cnccc1-c1cn[nH]c1[C@H]1CCCCN1C(=O)CS(=O)(=O)c1ccc(F)cc1. The maximum atomic E-state index is 13.2. The molecule has 0 spiro atoms. The van der Waals surface area contributed by atoms with Gasteiger partial charge in [0.2, 0.25) is 5.91 Å². The Morgan fingerprint density at radius 2 is 1.94 bits per heavy atom. The van der Waals surface area contributed by atoms with Gasteiger partial charge >= 0.3 is 0 Å². The molecule has 7 nitrogen and oxygen atoms in total. The predicted octanol–water partition coefficient (Wildman–Crippen LogP) is 3.45. The largest absolute Gasteiger partial charge is 0.333 e. The first-order valence-corrected chi connectivity index (χ1v) is 11.7. The van der Waals surface area contributed by atoms with E-state index in [4.69, 9.17) is 0 Å². The number of nitrogens with zero attached hydrogens (tertiary/aromatic N) is 3. The van der Waals surface area contributed by atoms with E-state index < -0.39 is 27.3 Å². The number of hydrogen-bond donors (Lipinski definition) is 1. The summed E-state index contributed by atoms with van der Waals surface area (Å²) in [7, 11) is -3.88. The number of carbonyl (C=O) groups excluding carboxylic acids is 1. The lowest BCUT2D eigenvalue weighted by Gasteiger charge is -2.35. The van der Waals surface area contributed by atoms with E-state index in [1.54, 1.807) is 23.5 Å². The number of halogens is 1. The summed E-state index contributed by atoms with van der Waals surface area (Å²) >= 11 is 0. The van der Waals surface area contributed by atoms with Crippen LogP contribution in [0.3, 0.4) is 0 Å². The van der Waals surface area contributed by atoms with Crippen LogP contribution in [-0.4, -0.2) is 46.7 Å². The van der Waals surface area contributed by atoms with E-state index in [0.717, 1.165) is 47.4 Å². The molecule has 1 atom stereocenters. The van der Waals surface area contributed by atoms with Crippen molar-refractivity contribution in [2.45, 2.75) is 37.1 Å². The van der Waals surface area contributed by atoms with Crippen LogP contribution in [0.1, 0.15) is 36.6 Å². The van der Waals surface area contributed by atoms with Crippen LogP contribution in [0, 0.1) is 12.7 Å². The van der Waals surface area contributed by atoms with Crippen molar-refractivity contribution in [3.63, 3.8) is 0 Å². The molecule has 2 aromatic heterocycles. The van der Waals surface area contributed by atoms with Crippen molar-refractivity contribution < 1.29 is 17.6 Å². The minimum Gasteiger partial charge on any atom is -0.333 e. The first-order valence-electron chi connectivity index (χ1n) is 10.1. The van der Waals surface area contributed by atoms with E-state index in [-0.39, 0.29) is 10.9 Å². The summed E-state index contributed by atoms with van der Waals surface area (Å²) in [4.78, 5) is 18.8.